The van der Waals surface area contributed by atoms with Crippen molar-refractivity contribution in [2.45, 2.75) is 39.7 Å². The first-order valence-electron chi connectivity index (χ1n) is 7.23. The van der Waals surface area contributed by atoms with E-state index in [2.05, 4.69) is 34.0 Å². The van der Waals surface area contributed by atoms with E-state index in [0.29, 0.717) is 0 Å². The van der Waals surface area contributed by atoms with E-state index in [0.717, 1.165) is 32.5 Å². The Hall–Kier alpha value is -1.96. The van der Waals surface area contributed by atoms with Crippen LogP contribution in [0, 0.1) is 10.1 Å². The second kappa shape index (κ2) is 8.35. The van der Waals surface area contributed by atoms with Crippen molar-refractivity contribution in [1.82, 2.24) is 14.9 Å². The van der Waals surface area contributed by atoms with Crippen molar-refractivity contribution < 1.29 is 4.92 Å². The maximum absolute atomic E-state index is 11.0. The minimum Gasteiger partial charge on any atom is -0.378 e. The van der Waals surface area contributed by atoms with Crippen LogP contribution in [0.25, 0.3) is 0 Å². The van der Waals surface area contributed by atoms with Crippen LogP contribution in [0.15, 0.2) is 6.33 Å². The van der Waals surface area contributed by atoms with Crippen LogP contribution in [-0.2, 0) is 0 Å². The molecule has 8 nitrogen and oxygen atoms in total. The summed E-state index contributed by atoms with van der Waals surface area (Å²) >= 11 is 0. The van der Waals surface area contributed by atoms with Crippen LogP contribution >= 0.6 is 0 Å². The first-order valence-corrected chi connectivity index (χ1v) is 7.23. The Bertz CT molecular complexity index is 464. The predicted molar refractivity (Wildman–Crippen MR) is 83.2 cm³/mol. The van der Waals surface area contributed by atoms with E-state index in [4.69, 9.17) is 5.73 Å². The molecule has 0 aliphatic rings. The summed E-state index contributed by atoms with van der Waals surface area (Å²) in [6, 6.07) is 0.0774. The van der Waals surface area contributed by atoms with E-state index < -0.39 is 4.92 Å². The fourth-order valence-corrected chi connectivity index (χ4v) is 2.14. The highest BCUT2D eigenvalue weighted by molar-refractivity contribution is 5.67. The lowest BCUT2D eigenvalue weighted by Crippen LogP contribution is -2.26. The van der Waals surface area contributed by atoms with Gasteiger partial charge in [-0.1, -0.05) is 13.8 Å². The minimum absolute atomic E-state index is 0.0774. The fraction of sp³-hybridized carbons (Fsp3) is 0.692. The molecule has 118 valence electrons. The van der Waals surface area contributed by atoms with Gasteiger partial charge < -0.3 is 16.0 Å². The van der Waals surface area contributed by atoms with Crippen LogP contribution in [0.1, 0.15) is 33.6 Å². The van der Waals surface area contributed by atoms with Crippen LogP contribution in [-0.4, -0.2) is 45.5 Å². The van der Waals surface area contributed by atoms with Crippen LogP contribution in [0.4, 0.5) is 17.3 Å². The molecule has 1 aromatic heterocycles. The quantitative estimate of drug-likeness (QED) is 0.528. The molecule has 0 saturated heterocycles. The summed E-state index contributed by atoms with van der Waals surface area (Å²) in [5.41, 5.74) is 5.28. The average molecular weight is 296 g/mol. The predicted octanol–water partition coefficient (Wildman–Crippen LogP) is 1.89. The van der Waals surface area contributed by atoms with Crippen molar-refractivity contribution in [3.63, 3.8) is 0 Å². The molecular weight excluding hydrogens is 272 g/mol. The van der Waals surface area contributed by atoms with E-state index in [1.165, 1.54) is 6.33 Å². The van der Waals surface area contributed by atoms with Gasteiger partial charge in [0.25, 0.3) is 0 Å². The number of hydrogen-bond acceptors (Lipinski definition) is 7. The molecule has 8 heteroatoms. The van der Waals surface area contributed by atoms with Gasteiger partial charge in [-0.25, -0.2) is 9.97 Å². The van der Waals surface area contributed by atoms with Gasteiger partial charge in [-0.15, -0.1) is 0 Å². The molecule has 0 unspecified atom stereocenters. The van der Waals surface area contributed by atoms with Gasteiger partial charge in [-0.05, 0) is 39.4 Å². The molecule has 0 saturated carbocycles. The Morgan fingerprint density at radius 2 is 2.10 bits per heavy atom. The lowest BCUT2D eigenvalue weighted by molar-refractivity contribution is -0.383. The Morgan fingerprint density at radius 3 is 2.67 bits per heavy atom. The number of aromatic nitrogens is 2. The van der Waals surface area contributed by atoms with Crippen molar-refractivity contribution in [2.24, 2.45) is 0 Å². The molecule has 0 fully saturated rings. The third-order valence-corrected chi connectivity index (χ3v) is 3.42. The molecule has 1 rings (SSSR count). The molecular formula is C13H24N6O2. The van der Waals surface area contributed by atoms with E-state index in [9.17, 15) is 10.1 Å². The van der Waals surface area contributed by atoms with Crippen molar-refractivity contribution in [3.8, 4) is 0 Å². The monoisotopic (exact) mass is 296 g/mol. The molecule has 1 atom stereocenters. The summed E-state index contributed by atoms with van der Waals surface area (Å²) in [6.07, 6.45) is 3.15. The standard InChI is InChI=1S/C13H24N6O2/c1-4-18(5-2)8-6-7-10(3)17-13-11(19(20)21)12(14)15-9-16-13/h9-10H,4-8H2,1-3H3,(H3,14,15,16,17)/t10-/m0/s1. The smallest absolute Gasteiger partial charge is 0.352 e. The van der Waals surface area contributed by atoms with Crippen molar-refractivity contribution in [2.75, 3.05) is 30.7 Å². The third-order valence-electron chi connectivity index (χ3n) is 3.42. The SMILES string of the molecule is CCN(CC)CCC[C@H](C)Nc1ncnc(N)c1[N+](=O)[O-]. The second-order valence-corrected chi connectivity index (χ2v) is 4.93. The van der Waals surface area contributed by atoms with Gasteiger partial charge in [0.1, 0.15) is 6.33 Å². The second-order valence-electron chi connectivity index (χ2n) is 4.93. The minimum atomic E-state index is -0.555. The molecule has 0 bridgehead atoms. The molecule has 1 heterocycles. The Balaban J connectivity index is 2.57. The first-order chi connectivity index (χ1) is 9.99. The van der Waals surface area contributed by atoms with E-state index in [1.807, 2.05) is 6.92 Å². The van der Waals surface area contributed by atoms with Crippen molar-refractivity contribution in [1.29, 1.82) is 0 Å². The molecule has 0 aliphatic heterocycles. The zero-order chi connectivity index (χ0) is 15.8. The summed E-state index contributed by atoms with van der Waals surface area (Å²) < 4.78 is 0. The highest BCUT2D eigenvalue weighted by atomic mass is 16.6. The van der Waals surface area contributed by atoms with Gasteiger partial charge in [0.15, 0.2) is 0 Å². The molecule has 1 aromatic rings. The largest absolute Gasteiger partial charge is 0.378 e. The highest BCUT2D eigenvalue weighted by Crippen LogP contribution is 2.27. The van der Waals surface area contributed by atoms with E-state index in [-0.39, 0.29) is 23.4 Å². The Morgan fingerprint density at radius 1 is 1.43 bits per heavy atom. The normalized spacial score (nSPS) is 12.4. The third kappa shape index (κ3) is 5.14. The molecule has 3 N–H and O–H groups in total. The number of rotatable bonds is 9. The zero-order valence-corrected chi connectivity index (χ0v) is 12.9. The lowest BCUT2D eigenvalue weighted by atomic mass is 10.1. The first kappa shape index (κ1) is 17.1. The van der Waals surface area contributed by atoms with E-state index >= 15 is 0 Å². The zero-order valence-electron chi connectivity index (χ0n) is 12.9. The number of nitrogens with two attached hydrogens (primary N) is 1. The number of hydrogen-bond donors (Lipinski definition) is 2. The Labute approximate surface area is 124 Å². The van der Waals surface area contributed by atoms with Crippen LogP contribution < -0.4 is 11.1 Å². The maximum Gasteiger partial charge on any atom is 0.352 e. The van der Waals surface area contributed by atoms with Crippen LogP contribution in [0.5, 0.6) is 0 Å². The number of nitro groups is 1. The summed E-state index contributed by atoms with van der Waals surface area (Å²) in [4.78, 5) is 20.4. The number of nitrogens with zero attached hydrogens (tertiary/aromatic N) is 4. The summed E-state index contributed by atoms with van der Waals surface area (Å²) in [6.45, 7) is 9.34. The Kier molecular flexibility index (Phi) is 6.80. The fourth-order valence-electron chi connectivity index (χ4n) is 2.14. The van der Waals surface area contributed by atoms with Gasteiger partial charge in [-0.3, -0.25) is 10.1 Å². The van der Waals surface area contributed by atoms with Gasteiger partial charge in [-0.2, -0.15) is 0 Å². The maximum atomic E-state index is 11.0. The topological polar surface area (TPSA) is 110 Å². The van der Waals surface area contributed by atoms with Crippen molar-refractivity contribution in [3.05, 3.63) is 16.4 Å². The van der Waals surface area contributed by atoms with Crippen LogP contribution in [0.3, 0.4) is 0 Å². The van der Waals surface area contributed by atoms with Crippen molar-refractivity contribution >= 4 is 17.3 Å². The molecule has 0 radical (unpaired) electrons. The molecule has 21 heavy (non-hydrogen) atoms. The molecule has 0 amide bonds. The number of nitrogen functional groups attached to an aromatic ring is 1. The highest BCUT2D eigenvalue weighted by Gasteiger charge is 2.21. The summed E-state index contributed by atoms with van der Waals surface area (Å²) in [7, 11) is 0. The van der Waals surface area contributed by atoms with E-state index in [1.54, 1.807) is 0 Å². The number of anilines is 2. The summed E-state index contributed by atoms with van der Waals surface area (Å²) in [5.74, 6) is 0.0654. The van der Waals surface area contributed by atoms with Gasteiger partial charge in [0.05, 0.1) is 4.92 Å². The molecule has 0 spiro atoms. The molecule has 0 aliphatic carbocycles. The lowest BCUT2D eigenvalue weighted by Gasteiger charge is -2.20. The number of nitrogens with one attached hydrogen (secondary N) is 1. The van der Waals surface area contributed by atoms with Gasteiger partial charge in [0.2, 0.25) is 11.6 Å². The molecule has 0 aromatic carbocycles. The van der Waals surface area contributed by atoms with Gasteiger partial charge >= 0.3 is 5.69 Å². The van der Waals surface area contributed by atoms with Crippen LogP contribution in [0.2, 0.25) is 0 Å². The van der Waals surface area contributed by atoms with Gasteiger partial charge in [0, 0.05) is 6.04 Å². The average Bonchev–Trinajstić information content (AvgIpc) is 2.43. The summed E-state index contributed by atoms with van der Waals surface area (Å²) in [5, 5.41) is 14.1.